The fourth-order valence-corrected chi connectivity index (χ4v) is 2.76. The van der Waals surface area contributed by atoms with Crippen molar-refractivity contribution in [1.82, 2.24) is 0 Å². The van der Waals surface area contributed by atoms with Crippen LogP contribution < -0.4 is 0 Å². The molecule has 1 aromatic heterocycles. The van der Waals surface area contributed by atoms with Crippen LogP contribution in [0, 0.1) is 0 Å². The van der Waals surface area contributed by atoms with Crippen LogP contribution in [0.3, 0.4) is 0 Å². The summed E-state index contributed by atoms with van der Waals surface area (Å²) in [6.45, 7) is 0. The summed E-state index contributed by atoms with van der Waals surface area (Å²) >= 11 is 1.72. The molecule has 0 unspecified atom stereocenters. The van der Waals surface area contributed by atoms with Gasteiger partial charge in [-0.05, 0) is 29.7 Å². The second kappa shape index (κ2) is 2.34. The number of aliphatic hydroxyl groups is 1. The lowest BCUT2D eigenvalue weighted by atomic mass is 10.1. The fourth-order valence-electron chi connectivity index (χ4n) is 1.75. The molecule has 2 heteroatoms. The predicted molar refractivity (Wildman–Crippen MR) is 55.0 cm³/mol. The molecule has 1 heterocycles. The number of benzene rings is 1. The van der Waals surface area contributed by atoms with Crippen LogP contribution >= 0.6 is 11.3 Å². The Balaban J connectivity index is 2.33. The molecule has 0 radical (unpaired) electrons. The monoisotopic (exact) mass is 190 g/mol. The minimum absolute atomic E-state index is 0.496. The highest BCUT2D eigenvalue weighted by molar-refractivity contribution is 7.17. The highest BCUT2D eigenvalue weighted by atomic mass is 32.1. The van der Waals surface area contributed by atoms with Crippen LogP contribution in [0.5, 0.6) is 0 Å². The van der Waals surface area contributed by atoms with Gasteiger partial charge in [0, 0.05) is 10.3 Å². The normalized spacial score (nSPS) is 19.2. The minimum Gasteiger partial charge on any atom is -0.385 e. The third kappa shape index (κ3) is 1.02. The van der Waals surface area contributed by atoms with Gasteiger partial charge in [0.1, 0.15) is 0 Å². The Labute approximate surface area is 80.6 Å². The highest BCUT2D eigenvalue weighted by Gasteiger charge is 2.43. The molecule has 1 aliphatic rings. The molecule has 3 rings (SSSR count). The van der Waals surface area contributed by atoms with Gasteiger partial charge in [-0.1, -0.05) is 18.2 Å². The zero-order valence-electron chi connectivity index (χ0n) is 7.16. The average molecular weight is 190 g/mol. The maximum Gasteiger partial charge on any atom is 0.0912 e. The first-order valence-corrected chi connectivity index (χ1v) is 5.37. The molecule has 1 N–H and O–H groups in total. The number of hydrogen-bond acceptors (Lipinski definition) is 2. The first kappa shape index (κ1) is 7.54. The van der Waals surface area contributed by atoms with Crippen LogP contribution in [0.4, 0.5) is 0 Å². The summed E-state index contributed by atoms with van der Waals surface area (Å²) in [5, 5.41) is 13.4. The molecule has 0 aliphatic heterocycles. The summed E-state index contributed by atoms with van der Waals surface area (Å²) in [5.41, 5.74) is 0.629. The third-order valence-electron chi connectivity index (χ3n) is 2.70. The van der Waals surface area contributed by atoms with Gasteiger partial charge in [-0.15, -0.1) is 11.3 Å². The van der Waals surface area contributed by atoms with Crippen molar-refractivity contribution >= 4 is 21.4 Å². The van der Waals surface area contributed by atoms with E-state index in [2.05, 4.69) is 17.5 Å². The molecule has 1 aliphatic carbocycles. The Morgan fingerprint density at radius 3 is 2.85 bits per heavy atom. The van der Waals surface area contributed by atoms with Crippen LogP contribution in [0.15, 0.2) is 29.6 Å². The van der Waals surface area contributed by atoms with E-state index in [1.165, 1.54) is 10.1 Å². The molecule has 1 nitrogen and oxygen atoms in total. The molecule has 0 amide bonds. The van der Waals surface area contributed by atoms with Crippen molar-refractivity contribution in [2.24, 2.45) is 0 Å². The maximum atomic E-state index is 10.0. The summed E-state index contributed by atoms with van der Waals surface area (Å²) in [7, 11) is 0. The Kier molecular flexibility index (Phi) is 1.35. The molecule has 1 aromatic carbocycles. The SMILES string of the molecule is OC1(c2cccc3ccsc23)CC1. The largest absolute Gasteiger partial charge is 0.385 e. The summed E-state index contributed by atoms with van der Waals surface area (Å²) < 4.78 is 1.25. The summed E-state index contributed by atoms with van der Waals surface area (Å²) in [6, 6.07) is 8.28. The van der Waals surface area contributed by atoms with Crippen molar-refractivity contribution in [2.45, 2.75) is 18.4 Å². The van der Waals surface area contributed by atoms with E-state index in [-0.39, 0.29) is 0 Å². The van der Waals surface area contributed by atoms with Gasteiger partial charge in [0.15, 0.2) is 0 Å². The van der Waals surface area contributed by atoms with Crippen molar-refractivity contribution < 1.29 is 5.11 Å². The molecule has 1 saturated carbocycles. The van der Waals surface area contributed by atoms with Crippen molar-refractivity contribution in [3.63, 3.8) is 0 Å². The molecule has 0 bridgehead atoms. The topological polar surface area (TPSA) is 20.2 Å². The lowest BCUT2D eigenvalue weighted by Gasteiger charge is -2.08. The molecule has 66 valence electrons. The molecule has 2 aromatic rings. The van der Waals surface area contributed by atoms with E-state index >= 15 is 0 Å². The minimum atomic E-state index is -0.496. The summed E-state index contributed by atoms with van der Waals surface area (Å²) in [6.07, 6.45) is 1.84. The van der Waals surface area contributed by atoms with Gasteiger partial charge in [-0.2, -0.15) is 0 Å². The van der Waals surface area contributed by atoms with Crippen LogP contribution in [-0.4, -0.2) is 5.11 Å². The van der Waals surface area contributed by atoms with E-state index in [0.717, 1.165) is 18.4 Å². The van der Waals surface area contributed by atoms with Crippen LogP contribution in [0.25, 0.3) is 10.1 Å². The Morgan fingerprint density at radius 1 is 1.23 bits per heavy atom. The summed E-state index contributed by atoms with van der Waals surface area (Å²) in [4.78, 5) is 0. The maximum absolute atomic E-state index is 10.0. The quantitative estimate of drug-likeness (QED) is 0.733. The van der Waals surface area contributed by atoms with E-state index in [4.69, 9.17) is 0 Å². The molecule has 0 saturated heterocycles. The van der Waals surface area contributed by atoms with Crippen LogP contribution in [-0.2, 0) is 5.60 Å². The lowest BCUT2D eigenvalue weighted by Crippen LogP contribution is -2.03. The van der Waals surface area contributed by atoms with Crippen LogP contribution in [0.1, 0.15) is 18.4 Å². The number of hydrogen-bond donors (Lipinski definition) is 1. The number of fused-ring (bicyclic) bond motifs is 1. The van der Waals surface area contributed by atoms with Gasteiger partial charge in [-0.25, -0.2) is 0 Å². The lowest BCUT2D eigenvalue weighted by molar-refractivity contribution is 0.153. The zero-order chi connectivity index (χ0) is 8.89. The Morgan fingerprint density at radius 2 is 2.08 bits per heavy atom. The molecule has 1 fully saturated rings. The molecule has 13 heavy (non-hydrogen) atoms. The van der Waals surface area contributed by atoms with Crippen molar-refractivity contribution in [2.75, 3.05) is 0 Å². The second-order valence-corrected chi connectivity index (χ2v) is 4.59. The predicted octanol–water partition coefficient (Wildman–Crippen LogP) is 2.88. The summed E-state index contributed by atoms with van der Waals surface area (Å²) in [5.74, 6) is 0. The highest BCUT2D eigenvalue weighted by Crippen LogP contribution is 2.48. The van der Waals surface area contributed by atoms with E-state index in [0.29, 0.717) is 0 Å². The number of rotatable bonds is 1. The first-order valence-electron chi connectivity index (χ1n) is 4.49. The van der Waals surface area contributed by atoms with Crippen molar-refractivity contribution in [1.29, 1.82) is 0 Å². The van der Waals surface area contributed by atoms with Crippen molar-refractivity contribution in [3.8, 4) is 0 Å². The third-order valence-corrected chi connectivity index (χ3v) is 3.67. The van der Waals surface area contributed by atoms with Gasteiger partial charge in [0.05, 0.1) is 5.60 Å². The Bertz CT molecular complexity index is 454. The van der Waals surface area contributed by atoms with E-state index in [1.54, 1.807) is 11.3 Å². The van der Waals surface area contributed by atoms with Gasteiger partial charge < -0.3 is 5.11 Å². The molecule has 0 atom stereocenters. The molecule has 0 spiro atoms. The van der Waals surface area contributed by atoms with Gasteiger partial charge in [0.2, 0.25) is 0 Å². The molecular formula is C11H10OS. The van der Waals surface area contributed by atoms with E-state index in [9.17, 15) is 5.11 Å². The van der Waals surface area contributed by atoms with Gasteiger partial charge >= 0.3 is 0 Å². The van der Waals surface area contributed by atoms with Crippen LogP contribution in [0.2, 0.25) is 0 Å². The zero-order valence-corrected chi connectivity index (χ0v) is 7.97. The number of thiophene rings is 1. The van der Waals surface area contributed by atoms with Gasteiger partial charge in [-0.3, -0.25) is 0 Å². The Hall–Kier alpha value is -0.860. The standard InChI is InChI=1S/C11H10OS/c12-11(5-6-11)9-3-1-2-8-4-7-13-10(8)9/h1-4,7,12H,5-6H2. The van der Waals surface area contributed by atoms with Gasteiger partial charge in [0.25, 0.3) is 0 Å². The smallest absolute Gasteiger partial charge is 0.0912 e. The van der Waals surface area contributed by atoms with E-state index in [1.807, 2.05) is 12.1 Å². The molecular weight excluding hydrogens is 180 g/mol. The van der Waals surface area contributed by atoms with Crippen molar-refractivity contribution in [3.05, 3.63) is 35.2 Å². The average Bonchev–Trinajstić information content (AvgIpc) is 2.72. The first-order chi connectivity index (χ1) is 6.30. The fraction of sp³-hybridized carbons (Fsp3) is 0.273. The van der Waals surface area contributed by atoms with E-state index < -0.39 is 5.60 Å². The second-order valence-electron chi connectivity index (χ2n) is 3.68.